The number of halogens is 1. The molecule has 0 aliphatic carbocycles. The molecular formula is C23H29FN2O2. The summed E-state index contributed by atoms with van der Waals surface area (Å²) in [6.45, 7) is 8.56. The second-order valence-corrected chi connectivity index (χ2v) is 7.63. The number of hydrogen-bond donors (Lipinski definition) is 1. The Morgan fingerprint density at radius 3 is 2.11 bits per heavy atom. The number of amides is 2. The van der Waals surface area contributed by atoms with E-state index in [1.165, 1.54) is 12.1 Å². The number of carbonyl (C=O) groups excluding carboxylic acids is 2. The van der Waals surface area contributed by atoms with Crippen LogP contribution in [-0.2, 0) is 22.6 Å². The Bertz CT molecular complexity index is 785. The third-order valence-electron chi connectivity index (χ3n) is 4.59. The van der Waals surface area contributed by atoms with E-state index in [-0.39, 0.29) is 30.6 Å². The third kappa shape index (κ3) is 6.48. The van der Waals surface area contributed by atoms with E-state index in [2.05, 4.69) is 5.32 Å². The lowest BCUT2D eigenvalue weighted by molar-refractivity contribution is -0.140. The lowest BCUT2D eigenvalue weighted by Crippen LogP contribution is -2.48. The Kier molecular flexibility index (Phi) is 7.73. The number of hydrogen-bond acceptors (Lipinski definition) is 2. The van der Waals surface area contributed by atoms with Gasteiger partial charge in [0.05, 0.1) is 6.42 Å². The minimum atomic E-state index is -0.623. The van der Waals surface area contributed by atoms with E-state index in [4.69, 9.17) is 0 Å². The maximum absolute atomic E-state index is 13.2. The van der Waals surface area contributed by atoms with E-state index < -0.39 is 6.04 Å². The van der Waals surface area contributed by atoms with Crippen molar-refractivity contribution in [3.63, 3.8) is 0 Å². The van der Waals surface area contributed by atoms with Gasteiger partial charge in [0.2, 0.25) is 11.8 Å². The molecular weight excluding hydrogens is 355 g/mol. The summed E-state index contributed by atoms with van der Waals surface area (Å²) in [5.41, 5.74) is 2.80. The van der Waals surface area contributed by atoms with Crippen molar-refractivity contribution in [1.82, 2.24) is 10.2 Å². The largest absolute Gasteiger partial charge is 0.354 e. The molecule has 0 spiro atoms. The van der Waals surface area contributed by atoms with Crippen LogP contribution in [0.3, 0.4) is 0 Å². The van der Waals surface area contributed by atoms with E-state index in [0.29, 0.717) is 12.5 Å². The number of nitrogens with zero attached hydrogens (tertiary/aromatic N) is 1. The quantitative estimate of drug-likeness (QED) is 0.751. The fourth-order valence-electron chi connectivity index (χ4n) is 2.80. The van der Waals surface area contributed by atoms with E-state index in [1.807, 2.05) is 45.0 Å². The minimum Gasteiger partial charge on any atom is -0.354 e. The molecule has 0 heterocycles. The molecule has 0 bridgehead atoms. The molecule has 150 valence electrons. The molecule has 2 aromatic rings. The van der Waals surface area contributed by atoms with Crippen LogP contribution in [-0.4, -0.2) is 29.3 Å². The zero-order valence-corrected chi connectivity index (χ0v) is 17.0. The fraction of sp³-hybridized carbons (Fsp3) is 0.391. The van der Waals surface area contributed by atoms with Crippen molar-refractivity contribution in [2.75, 3.05) is 6.54 Å². The highest BCUT2D eigenvalue weighted by Gasteiger charge is 2.26. The van der Waals surface area contributed by atoms with E-state index in [0.717, 1.165) is 16.7 Å². The van der Waals surface area contributed by atoms with Gasteiger partial charge in [-0.3, -0.25) is 9.59 Å². The van der Waals surface area contributed by atoms with Gasteiger partial charge in [-0.05, 0) is 43.0 Å². The van der Waals surface area contributed by atoms with Crippen LogP contribution in [0.5, 0.6) is 0 Å². The first kappa shape index (κ1) is 21.6. The van der Waals surface area contributed by atoms with Crippen molar-refractivity contribution < 1.29 is 14.0 Å². The molecule has 0 aromatic heterocycles. The molecule has 28 heavy (non-hydrogen) atoms. The Balaban J connectivity index is 2.18. The minimum absolute atomic E-state index is 0.139. The predicted octanol–water partition coefficient (Wildman–Crippen LogP) is 3.87. The van der Waals surface area contributed by atoms with Crippen LogP contribution in [0.2, 0.25) is 0 Å². The Morgan fingerprint density at radius 2 is 1.54 bits per heavy atom. The van der Waals surface area contributed by atoms with Gasteiger partial charge in [-0.2, -0.15) is 0 Å². The number of nitrogens with one attached hydrogen (secondary N) is 1. The molecule has 4 nitrogen and oxygen atoms in total. The highest BCUT2D eigenvalue weighted by molar-refractivity contribution is 5.88. The van der Waals surface area contributed by atoms with Gasteiger partial charge < -0.3 is 10.2 Å². The maximum Gasteiger partial charge on any atom is 0.242 e. The van der Waals surface area contributed by atoms with Gasteiger partial charge in [-0.25, -0.2) is 4.39 Å². The standard InChI is InChI=1S/C23H29FN2O2/c1-16(2)14-25-23(28)18(4)26(15-20-9-11-21(24)12-10-20)22(27)13-19-7-5-17(3)6-8-19/h5-12,16,18H,13-15H2,1-4H3,(H,25,28)/t18-/m0/s1. The molecule has 0 radical (unpaired) electrons. The van der Waals surface area contributed by atoms with Crippen LogP contribution < -0.4 is 5.32 Å². The Hall–Kier alpha value is -2.69. The molecule has 5 heteroatoms. The van der Waals surface area contributed by atoms with E-state index in [9.17, 15) is 14.0 Å². The molecule has 0 saturated carbocycles. The van der Waals surface area contributed by atoms with Gasteiger partial charge in [0, 0.05) is 13.1 Å². The summed E-state index contributed by atoms with van der Waals surface area (Å²) in [5, 5.41) is 2.89. The lowest BCUT2D eigenvalue weighted by atomic mass is 10.1. The lowest BCUT2D eigenvalue weighted by Gasteiger charge is -2.29. The van der Waals surface area contributed by atoms with Gasteiger partial charge in [-0.1, -0.05) is 55.8 Å². The molecule has 2 rings (SSSR count). The highest BCUT2D eigenvalue weighted by atomic mass is 19.1. The normalized spacial score (nSPS) is 11.9. The van der Waals surface area contributed by atoms with Crippen LogP contribution in [0, 0.1) is 18.7 Å². The second kappa shape index (κ2) is 10.0. The first-order valence-corrected chi connectivity index (χ1v) is 9.63. The van der Waals surface area contributed by atoms with Crippen LogP contribution in [0.15, 0.2) is 48.5 Å². The van der Waals surface area contributed by atoms with Gasteiger partial charge >= 0.3 is 0 Å². The monoisotopic (exact) mass is 384 g/mol. The summed E-state index contributed by atoms with van der Waals surface area (Å²) in [5.74, 6) is -0.331. The van der Waals surface area contributed by atoms with E-state index in [1.54, 1.807) is 24.0 Å². The average Bonchev–Trinajstić information content (AvgIpc) is 2.66. The van der Waals surface area contributed by atoms with Gasteiger partial charge in [0.15, 0.2) is 0 Å². The summed E-state index contributed by atoms with van der Waals surface area (Å²) in [7, 11) is 0. The molecule has 2 amide bonds. The van der Waals surface area contributed by atoms with Gasteiger partial charge in [0.25, 0.3) is 0 Å². The third-order valence-corrected chi connectivity index (χ3v) is 4.59. The van der Waals surface area contributed by atoms with Crippen LogP contribution in [0.4, 0.5) is 4.39 Å². The summed E-state index contributed by atoms with van der Waals surface area (Å²) in [6.07, 6.45) is 0.212. The molecule has 1 atom stereocenters. The first-order chi connectivity index (χ1) is 13.3. The number of rotatable bonds is 8. The molecule has 0 fully saturated rings. The molecule has 2 aromatic carbocycles. The topological polar surface area (TPSA) is 49.4 Å². The van der Waals surface area contributed by atoms with Crippen LogP contribution in [0.25, 0.3) is 0 Å². The summed E-state index contributed by atoms with van der Waals surface area (Å²) < 4.78 is 13.2. The number of benzene rings is 2. The highest BCUT2D eigenvalue weighted by Crippen LogP contribution is 2.14. The molecule has 0 saturated heterocycles. The Labute approximate surface area is 166 Å². The molecule has 0 unspecified atom stereocenters. The van der Waals surface area contributed by atoms with Gasteiger partial charge in [0.1, 0.15) is 11.9 Å². The van der Waals surface area contributed by atoms with Crippen molar-refractivity contribution >= 4 is 11.8 Å². The molecule has 0 aliphatic heterocycles. The summed E-state index contributed by atoms with van der Waals surface area (Å²) >= 11 is 0. The fourth-order valence-corrected chi connectivity index (χ4v) is 2.80. The zero-order chi connectivity index (χ0) is 20.7. The number of carbonyl (C=O) groups is 2. The zero-order valence-electron chi connectivity index (χ0n) is 17.0. The van der Waals surface area contributed by atoms with Crippen molar-refractivity contribution in [1.29, 1.82) is 0 Å². The van der Waals surface area contributed by atoms with Crippen molar-refractivity contribution in [2.45, 2.75) is 46.7 Å². The predicted molar refractivity (Wildman–Crippen MR) is 109 cm³/mol. The van der Waals surface area contributed by atoms with Gasteiger partial charge in [-0.15, -0.1) is 0 Å². The van der Waals surface area contributed by atoms with E-state index >= 15 is 0 Å². The average molecular weight is 384 g/mol. The van der Waals surface area contributed by atoms with Crippen LogP contribution in [0.1, 0.15) is 37.5 Å². The number of aryl methyl sites for hydroxylation is 1. The summed E-state index contributed by atoms with van der Waals surface area (Å²) in [4.78, 5) is 27.2. The maximum atomic E-state index is 13.2. The molecule has 0 aliphatic rings. The molecule has 1 N–H and O–H groups in total. The summed E-state index contributed by atoms with van der Waals surface area (Å²) in [6, 6.07) is 13.2. The first-order valence-electron chi connectivity index (χ1n) is 9.63. The second-order valence-electron chi connectivity index (χ2n) is 7.63. The SMILES string of the molecule is Cc1ccc(CC(=O)N(Cc2ccc(F)cc2)[C@@H](C)C(=O)NCC(C)C)cc1. The van der Waals surface area contributed by atoms with Crippen LogP contribution >= 0.6 is 0 Å². The smallest absolute Gasteiger partial charge is 0.242 e. The van der Waals surface area contributed by atoms with Crippen molar-refractivity contribution in [2.24, 2.45) is 5.92 Å². The van der Waals surface area contributed by atoms with Crippen molar-refractivity contribution in [3.8, 4) is 0 Å². The van der Waals surface area contributed by atoms with Crippen molar-refractivity contribution in [3.05, 3.63) is 71.0 Å². The Morgan fingerprint density at radius 1 is 0.964 bits per heavy atom.